The summed E-state index contributed by atoms with van der Waals surface area (Å²) >= 11 is 0. The van der Waals surface area contributed by atoms with E-state index in [1.807, 2.05) is 12.3 Å². The Hall–Kier alpha value is -2.20. The molecule has 21 heavy (non-hydrogen) atoms. The number of aryl methyl sites for hydroxylation is 1. The fraction of sp³-hybridized carbons (Fsp3) is 0.294. The number of nitrogens with two attached hydrogens (primary N) is 1. The predicted octanol–water partition coefficient (Wildman–Crippen LogP) is 2.67. The van der Waals surface area contributed by atoms with E-state index in [4.69, 9.17) is 10.5 Å². The number of pyridine rings is 1. The van der Waals surface area contributed by atoms with E-state index in [0.29, 0.717) is 24.3 Å². The largest absolute Gasteiger partial charge is 0.399 e. The first kappa shape index (κ1) is 15.2. The average Bonchev–Trinajstić information content (AvgIpc) is 2.52. The number of carbonyl (C=O) groups is 1. The monoisotopic (exact) mass is 284 g/mol. The van der Waals surface area contributed by atoms with Gasteiger partial charge in [0, 0.05) is 29.6 Å². The van der Waals surface area contributed by atoms with Gasteiger partial charge >= 0.3 is 0 Å². The van der Waals surface area contributed by atoms with E-state index in [2.05, 4.69) is 18.0 Å². The summed E-state index contributed by atoms with van der Waals surface area (Å²) in [6.07, 6.45) is 3.58. The molecule has 0 fully saturated rings. The number of ketones is 1. The van der Waals surface area contributed by atoms with Gasteiger partial charge in [-0.2, -0.15) is 0 Å². The normalized spacial score (nSPS) is 10.5. The minimum absolute atomic E-state index is 0.0377. The molecule has 0 saturated heterocycles. The standard InChI is InChI=1S/C17H20N2O2/c1-2-13-3-8-16(19-11-13)9-10-21-12-17(20)14-4-6-15(18)7-5-14/h3-8,11H,2,9-10,12,18H2,1H3. The molecule has 2 aromatic rings. The SMILES string of the molecule is CCc1ccc(CCOCC(=O)c2ccc(N)cc2)nc1. The Morgan fingerprint density at radius 1 is 1.19 bits per heavy atom. The van der Waals surface area contributed by atoms with Gasteiger partial charge in [-0.25, -0.2) is 0 Å². The molecule has 4 nitrogen and oxygen atoms in total. The molecule has 0 atom stereocenters. The highest BCUT2D eigenvalue weighted by molar-refractivity contribution is 5.97. The van der Waals surface area contributed by atoms with Crippen LogP contribution in [0.1, 0.15) is 28.5 Å². The van der Waals surface area contributed by atoms with E-state index < -0.39 is 0 Å². The first-order valence-corrected chi connectivity index (χ1v) is 7.09. The summed E-state index contributed by atoms with van der Waals surface area (Å²) in [7, 11) is 0. The maximum absolute atomic E-state index is 11.9. The Morgan fingerprint density at radius 3 is 2.57 bits per heavy atom. The number of aromatic nitrogens is 1. The molecule has 1 heterocycles. The van der Waals surface area contributed by atoms with Crippen molar-refractivity contribution in [1.29, 1.82) is 0 Å². The molecule has 0 radical (unpaired) electrons. The summed E-state index contributed by atoms with van der Waals surface area (Å²) in [6.45, 7) is 2.67. The maximum atomic E-state index is 11.9. The molecular formula is C17H20N2O2. The number of rotatable bonds is 7. The van der Waals surface area contributed by atoms with Gasteiger partial charge in [0.15, 0.2) is 5.78 Å². The number of nitrogens with zero attached hydrogens (tertiary/aromatic N) is 1. The topological polar surface area (TPSA) is 65.2 Å². The van der Waals surface area contributed by atoms with E-state index in [1.165, 1.54) is 5.56 Å². The molecule has 0 bridgehead atoms. The van der Waals surface area contributed by atoms with Crippen molar-refractivity contribution in [3.63, 3.8) is 0 Å². The fourth-order valence-electron chi connectivity index (χ4n) is 1.91. The van der Waals surface area contributed by atoms with Crippen LogP contribution < -0.4 is 5.73 Å². The van der Waals surface area contributed by atoms with Crippen molar-refractivity contribution in [2.45, 2.75) is 19.8 Å². The Kier molecular flexibility index (Phi) is 5.46. The number of Topliss-reactive ketones (excluding diaryl/α,β-unsaturated/α-hetero) is 1. The third-order valence-corrected chi connectivity index (χ3v) is 3.26. The summed E-state index contributed by atoms with van der Waals surface area (Å²) in [5, 5.41) is 0. The van der Waals surface area contributed by atoms with Crippen LogP contribution in [0.2, 0.25) is 0 Å². The van der Waals surface area contributed by atoms with Crippen LogP contribution in [-0.2, 0) is 17.6 Å². The fourth-order valence-corrected chi connectivity index (χ4v) is 1.91. The van der Waals surface area contributed by atoms with Crippen molar-refractivity contribution in [2.24, 2.45) is 0 Å². The zero-order chi connectivity index (χ0) is 15.1. The first-order chi connectivity index (χ1) is 10.2. The minimum Gasteiger partial charge on any atom is -0.399 e. The highest BCUT2D eigenvalue weighted by Crippen LogP contribution is 2.07. The van der Waals surface area contributed by atoms with Gasteiger partial charge in [0.25, 0.3) is 0 Å². The summed E-state index contributed by atoms with van der Waals surface area (Å²) in [5.74, 6) is -0.0377. The lowest BCUT2D eigenvalue weighted by atomic mass is 10.1. The molecule has 110 valence electrons. The van der Waals surface area contributed by atoms with Crippen LogP contribution in [0, 0.1) is 0 Å². The molecule has 1 aromatic carbocycles. The smallest absolute Gasteiger partial charge is 0.188 e. The molecule has 0 unspecified atom stereocenters. The van der Waals surface area contributed by atoms with Crippen LogP contribution >= 0.6 is 0 Å². The maximum Gasteiger partial charge on any atom is 0.188 e. The van der Waals surface area contributed by atoms with Crippen LogP contribution in [0.15, 0.2) is 42.6 Å². The minimum atomic E-state index is -0.0377. The molecule has 0 amide bonds. The predicted molar refractivity (Wildman–Crippen MR) is 83.3 cm³/mol. The highest BCUT2D eigenvalue weighted by atomic mass is 16.5. The molecule has 2 N–H and O–H groups in total. The zero-order valence-corrected chi connectivity index (χ0v) is 12.2. The number of carbonyl (C=O) groups excluding carboxylic acids is 1. The second-order valence-corrected chi connectivity index (χ2v) is 4.86. The zero-order valence-electron chi connectivity index (χ0n) is 12.2. The Labute approximate surface area is 125 Å². The molecule has 0 aliphatic heterocycles. The van der Waals surface area contributed by atoms with Gasteiger partial charge in [-0.3, -0.25) is 9.78 Å². The molecular weight excluding hydrogens is 264 g/mol. The van der Waals surface area contributed by atoms with Gasteiger partial charge in [0.2, 0.25) is 0 Å². The van der Waals surface area contributed by atoms with Gasteiger partial charge in [-0.05, 0) is 42.3 Å². The van der Waals surface area contributed by atoms with Crippen molar-refractivity contribution >= 4 is 11.5 Å². The Balaban J connectivity index is 1.73. The van der Waals surface area contributed by atoms with E-state index >= 15 is 0 Å². The quantitative estimate of drug-likeness (QED) is 0.482. The molecule has 2 rings (SSSR count). The lowest BCUT2D eigenvalue weighted by molar-refractivity contribution is 0.0764. The van der Waals surface area contributed by atoms with Crippen LogP contribution in [0.3, 0.4) is 0 Å². The number of ether oxygens (including phenoxy) is 1. The van der Waals surface area contributed by atoms with Crippen molar-refractivity contribution in [2.75, 3.05) is 18.9 Å². The molecule has 0 aliphatic carbocycles. The lowest BCUT2D eigenvalue weighted by Gasteiger charge is -2.05. The van der Waals surface area contributed by atoms with Gasteiger partial charge in [0.05, 0.1) is 6.61 Å². The van der Waals surface area contributed by atoms with Gasteiger partial charge in [-0.15, -0.1) is 0 Å². The number of benzene rings is 1. The summed E-state index contributed by atoms with van der Waals surface area (Å²) in [6, 6.07) is 10.9. The van der Waals surface area contributed by atoms with E-state index in [0.717, 1.165) is 12.1 Å². The summed E-state index contributed by atoms with van der Waals surface area (Å²) in [5.41, 5.74) is 9.05. The van der Waals surface area contributed by atoms with Gasteiger partial charge < -0.3 is 10.5 Å². The number of hydrogen-bond donors (Lipinski definition) is 1. The van der Waals surface area contributed by atoms with Crippen LogP contribution in [0.5, 0.6) is 0 Å². The molecule has 0 spiro atoms. The summed E-state index contributed by atoms with van der Waals surface area (Å²) < 4.78 is 5.42. The number of nitrogen functional groups attached to an aromatic ring is 1. The van der Waals surface area contributed by atoms with E-state index in [-0.39, 0.29) is 12.4 Å². The van der Waals surface area contributed by atoms with E-state index in [1.54, 1.807) is 24.3 Å². The van der Waals surface area contributed by atoms with Crippen molar-refractivity contribution in [3.8, 4) is 0 Å². The van der Waals surface area contributed by atoms with Crippen molar-refractivity contribution in [3.05, 3.63) is 59.4 Å². The Bertz CT molecular complexity index is 577. The van der Waals surface area contributed by atoms with Crippen molar-refractivity contribution in [1.82, 2.24) is 4.98 Å². The second kappa shape index (κ2) is 7.55. The van der Waals surface area contributed by atoms with Crippen LogP contribution in [0.25, 0.3) is 0 Å². The van der Waals surface area contributed by atoms with Gasteiger partial charge in [0.1, 0.15) is 6.61 Å². The number of anilines is 1. The first-order valence-electron chi connectivity index (χ1n) is 7.09. The van der Waals surface area contributed by atoms with Gasteiger partial charge in [-0.1, -0.05) is 13.0 Å². The molecule has 1 aromatic heterocycles. The van der Waals surface area contributed by atoms with Crippen molar-refractivity contribution < 1.29 is 9.53 Å². The third-order valence-electron chi connectivity index (χ3n) is 3.26. The number of hydrogen-bond acceptors (Lipinski definition) is 4. The highest BCUT2D eigenvalue weighted by Gasteiger charge is 2.05. The molecule has 4 heteroatoms. The molecule has 0 aliphatic rings. The third kappa shape index (κ3) is 4.68. The van der Waals surface area contributed by atoms with Crippen LogP contribution in [0.4, 0.5) is 5.69 Å². The molecule has 0 saturated carbocycles. The van der Waals surface area contributed by atoms with E-state index in [9.17, 15) is 4.79 Å². The average molecular weight is 284 g/mol. The lowest BCUT2D eigenvalue weighted by Crippen LogP contribution is -2.11. The van der Waals surface area contributed by atoms with Crippen LogP contribution in [-0.4, -0.2) is 24.0 Å². The second-order valence-electron chi connectivity index (χ2n) is 4.86. The Morgan fingerprint density at radius 2 is 1.95 bits per heavy atom. The summed E-state index contributed by atoms with van der Waals surface area (Å²) in [4.78, 5) is 16.2.